The summed E-state index contributed by atoms with van der Waals surface area (Å²) in [6.45, 7) is 4.29. The third-order valence-corrected chi connectivity index (χ3v) is 9.20. The summed E-state index contributed by atoms with van der Waals surface area (Å²) in [6, 6.07) is 0. The Kier molecular flexibility index (Phi) is 32.8. The lowest BCUT2D eigenvalue weighted by atomic mass is 9.99. The van der Waals surface area contributed by atoms with E-state index in [0.717, 1.165) is 70.6 Å². The van der Waals surface area contributed by atoms with Gasteiger partial charge in [0, 0.05) is 13.0 Å². The van der Waals surface area contributed by atoms with Crippen molar-refractivity contribution in [3.05, 3.63) is 60.8 Å². The maximum atomic E-state index is 12.5. The molecule has 0 radical (unpaired) electrons. The number of unbranched alkanes of at least 4 members (excludes halogenated alkanes) is 13. The number of rotatable bonds is 34. The van der Waals surface area contributed by atoms with E-state index in [-0.39, 0.29) is 19.2 Å². The van der Waals surface area contributed by atoms with E-state index in [1.165, 1.54) is 57.8 Å². The molecule has 1 rings (SSSR count). The molecule has 0 aromatic carbocycles. The fourth-order valence-corrected chi connectivity index (χ4v) is 5.93. The quantitative estimate of drug-likeness (QED) is 0.0290. The Labute approximate surface area is 322 Å². The topological polar surface area (TPSA) is 135 Å². The van der Waals surface area contributed by atoms with Gasteiger partial charge >= 0.3 is 5.97 Å². The first-order valence-corrected chi connectivity index (χ1v) is 20.9. The molecule has 1 heterocycles. The van der Waals surface area contributed by atoms with Crippen LogP contribution in [0.5, 0.6) is 0 Å². The second kappa shape index (κ2) is 35.6. The number of esters is 1. The summed E-state index contributed by atoms with van der Waals surface area (Å²) in [5, 5.41) is 39.8. The number of carbonyl (C=O) groups is 1. The SMILES string of the molecule is CC/C=C\C/C=C\C/C=C\C/C=C\C/C=C\CCCCCCCCCCCCOCC(COC1OC(CO)C(O)C(O)C1O)OC(=O)CCCCCC. The van der Waals surface area contributed by atoms with Crippen LogP contribution >= 0.6 is 0 Å². The fraction of sp³-hybridized carbons (Fsp3) is 0.750. The van der Waals surface area contributed by atoms with Crippen LogP contribution in [0.15, 0.2) is 60.8 Å². The highest BCUT2D eigenvalue weighted by Crippen LogP contribution is 2.22. The van der Waals surface area contributed by atoms with Crippen molar-refractivity contribution in [2.45, 2.75) is 185 Å². The first kappa shape index (κ1) is 48.9. The first-order valence-electron chi connectivity index (χ1n) is 20.9. The molecule has 1 aliphatic heterocycles. The Balaban J connectivity index is 2.10. The van der Waals surface area contributed by atoms with Crippen molar-refractivity contribution in [1.29, 1.82) is 0 Å². The molecule has 0 aliphatic carbocycles. The molecule has 6 atom stereocenters. The maximum Gasteiger partial charge on any atom is 0.306 e. The molecule has 53 heavy (non-hydrogen) atoms. The Morgan fingerprint density at radius 1 is 0.623 bits per heavy atom. The molecule has 0 aromatic rings. The van der Waals surface area contributed by atoms with E-state index >= 15 is 0 Å². The highest BCUT2D eigenvalue weighted by atomic mass is 16.7. The molecule has 0 saturated carbocycles. The molecule has 9 heteroatoms. The highest BCUT2D eigenvalue weighted by molar-refractivity contribution is 5.69. The summed E-state index contributed by atoms with van der Waals surface area (Å²) in [6.07, 6.45) is 37.5. The minimum Gasteiger partial charge on any atom is -0.457 e. The van der Waals surface area contributed by atoms with Crippen molar-refractivity contribution in [2.24, 2.45) is 0 Å². The smallest absolute Gasteiger partial charge is 0.306 e. The Hall–Kier alpha value is -2.11. The van der Waals surface area contributed by atoms with Crippen molar-refractivity contribution < 1.29 is 44.2 Å². The molecule has 0 spiro atoms. The van der Waals surface area contributed by atoms with Crippen molar-refractivity contribution in [2.75, 3.05) is 26.4 Å². The molecule has 0 aromatic heterocycles. The average molecular weight is 749 g/mol. The molecule has 1 aliphatic rings. The van der Waals surface area contributed by atoms with Crippen LogP contribution in [0.3, 0.4) is 0 Å². The highest BCUT2D eigenvalue weighted by Gasteiger charge is 2.44. The lowest BCUT2D eigenvalue weighted by Gasteiger charge is -2.39. The van der Waals surface area contributed by atoms with E-state index < -0.39 is 43.4 Å². The second-order valence-electron chi connectivity index (χ2n) is 14.1. The van der Waals surface area contributed by atoms with Crippen LogP contribution < -0.4 is 0 Å². The van der Waals surface area contributed by atoms with Crippen molar-refractivity contribution in [1.82, 2.24) is 0 Å². The normalized spacial score (nSPS) is 21.7. The number of carbonyl (C=O) groups excluding carboxylic acids is 1. The fourth-order valence-electron chi connectivity index (χ4n) is 5.93. The van der Waals surface area contributed by atoms with E-state index in [4.69, 9.17) is 18.9 Å². The molecule has 1 fully saturated rings. The Morgan fingerprint density at radius 3 is 1.72 bits per heavy atom. The monoisotopic (exact) mass is 749 g/mol. The van der Waals surface area contributed by atoms with Gasteiger partial charge in [0.1, 0.15) is 30.5 Å². The number of aliphatic hydroxyl groups is 4. The zero-order chi connectivity index (χ0) is 38.6. The predicted octanol–water partition coefficient (Wildman–Crippen LogP) is 8.74. The van der Waals surface area contributed by atoms with Crippen LogP contribution in [-0.4, -0.2) is 89.6 Å². The number of hydrogen-bond acceptors (Lipinski definition) is 9. The van der Waals surface area contributed by atoms with Crippen LogP contribution in [0.2, 0.25) is 0 Å². The van der Waals surface area contributed by atoms with E-state index in [2.05, 4.69) is 74.6 Å². The van der Waals surface area contributed by atoms with Gasteiger partial charge in [0.15, 0.2) is 6.29 Å². The predicted molar refractivity (Wildman–Crippen MR) is 214 cm³/mol. The van der Waals surface area contributed by atoms with Crippen molar-refractivity contribution >= 4 is 5.97 Å². The molecule has 9 nitrogen and oxygen atoms in total. The van der Waals surface area contributed by atoms with Crippen LogP contribution in [0.1, 0.15) is 149 Å². The van der Waals surface area contributed by atoms with Crippen molar-refractivity contribution in [3.8, 4) is 0 Å². The van der Waals surface area contributed by atoms with Crippen LogP contribution in [0.25, 0.3) is 0 Å². The van der Waals surface area contributed by atoms with Crippen LogP contribution in [0, 0.1) is 0 Å². The third-order valence-electron chi connectivity index (χ3n) is 9.20. The molecule has 0 amide bonds. The first-order chi connectivity index (χ1) is 25.9. The van der Waals surface area contributed by atoms with E-state index in [1.807, 2.05) is 0 Å². The van der Waals surface area contributed by atoms with Gasteiger partial charge in [-0.1, -0.05) is 145 Å². The molecule has 0 bridgehead atoms. The van der Waals surface area contributed by atoms with Crippen LogP contribution in [-0.2, 0) is 23.7 Å². The minimum atomic E-state index is -1.53. The number of aliphatic hydroxyl groups excluding tert-OH is 4. The van der Waals surface area contributed by atoms with Gasteiger partial charge in [-0.05, 0) is 57.8 Å². The summed E-state index contributed by atoms with van der Waals surface area (Å²) in [7, 11) is 0. The maximum absolute atomic E-state index is 12.5. The van der Waals surface area contributed by atoms with E-state index in [0.29, 0.717) is 13.0 Å². The Bertz CT molecular complexity index is 989. The zero-order valence-corrected chi connectivity index (χ0v) is 33.2. The van der Waals surface area contributed by atoms with E-state index in [1.54, 1.807) is 0 Å². The van der Waals surface area contributed by atoms with Gasteiger partial charge in [0.2, 0.25) is 0 Å². The van der Waals surface area contributed by atoms with Crippen molar-refractivity contribution in [3.63, 3.8) is 0 Å². The van der Waals surface area contributed by atoms with Gasteiger partial charge in [0.25, 0.3) is 0 Å². The minimum absolute atomic E-state index is 0.118. The molecular formula is C44H76O9. The summed E-state index contributed by atoms with van der Waals surface area (Å²) in [4.78, 5) is 12.5. The summed E-state index contributed by atoms with van der Waals surface area (Å²) < 4.78 is 22.5. The summed E-state index contributed by atoms with van der Waals surface area (Å²) >= 11 is 0. The molecule has 1 saturated heterocycles. The standard InChI is InChI=1S/C44H76O9/c1-3-5-7-9-10-11-12-13-14-15-16-17-18-19-20-21-22-23-24-25-26-27-28-29-30-32-34-50-36-38(52-40(46)33-31-8-6-4-2)37-51-44-43(49)42(48)41(47)39(35-45)53-44/h5,7,10-11,13-14,16-17,19-20,38-39,41-45,47-49H,3-4,6,8-9,12,15,18,21-37H2,1-2H3/b7-5-,11-10-,14-13-,17-16-,20-19-. The van der Waals surface area contributed by atoms with Gasteiger partial charge < -0.3 is 39.4 Å². The Morgan fingerprint density at radius 2 is 1.15 bits per heavy atom. The van der Waals surface area contributed by atoms with E-state index in [9.17, 15) is 25.2 Å². The molecular weight excluding hydrogens is 672 g/mol. The third kappa shape index (κ3) is 27.2. The van der Waals surface area contributed by atoms with Gasteiger partial charge in [0.05, 0.1) is 19.8 Å². The van der Waals surface area contributed by atoms with Gasteiger partial charge in [-0.2, -0.15) is 0 Å². The summed E-state index contributed by atoms with van der Waals surface area (Å²) in [5.74, 6) is -0.336. The largest absolute Gasteiger partial charge is 0.457 e. The average Bonchev–Trinajstić information content (AvgIpc) is 3.16. The van der Waals surface area contributed by atoms with Gasteiger partial charge in [-0.3, -0.25) is 4.79 Å². The zero-order valence-electron chi connectivity index (χ0n) is 33.2. The summed E-state index contributed by atoms with van der Waals surface area (Å²) in [5.41, 5.74) is 0. The lowest BCUT2D eigenvalue weighted by molar-refractivity contribution is -0.305. The number of ether oxygens (including phenoxy) is 4. The number of hydrogen-bond donors (Lipinski definition) is 4. The number of allylic oxidation sites excluding steroid dienone is 10. The molecule has 306 valence electrons. The van der Waals surface area contributed by atoms with Gasteiger partial charge in [-0.15, -0.1) is 0 Å². The van der Waals surface area contributed by atoms with Gasteiger partial charge in [-0.25, -0.2) is 0 Å². The molecule has 4 N–H and O–H groups in total. The molecule has 6 unspecified atom stereocenters. The lowest BCUT2D eigenvalue weighted by Crippen LogP contribution is -2.59. The van der Waals surface area contributed by atoms with Crippen LogP contribution in [0.4, 0.5) is 0 Å². The second-order valence-corrected chi connectivity index (χ2v) is 14.1.